The summed E-state index contributed by atoms with van der Waals surface area (Å²) in [6, 6.07) is 4.86. The Morgan fingerprint density at radius 1 is 1.11 bits per heavy atom. The Labute approximate surface area is 222 Å². The lowest BCUT2D eigenvalue weighted by molar-refractivity contribution is -0.131. The van der Waals surface area contributed by atoms with E-state index in [0.717, 1.165) is 56.8 Å². The van der Waals surface area contributed by atoms with Gasteiger partial charge in [-0.25, -0.2) is 10.4 Å². The molecule has 0 spiro atoms. The second kappa shape index (κ2) is 11.2. The van der Waals surface area contributed by atoms with Crippen LogP contribution in [0, 0.1) is 5.92 Å². The Morgan fingerprint density at radius 3 is 2.53 bits per heavy atom. The molecule has 0 aromatic carbocycles. The van der Waals surface area contributed by atoms with Gasteiger partial charge < -0.3 is 14.5 Å². The maximum atomic E-state index is 12.0. The van der Waals surface area contributed by atoms with Crippen LogP contribution in [0.2, 0.25) is 10.0 Å². The number of carbonyl (C=O) groups is 1. The van der Waals surface area contributed by atoms with Gasteiger partial charge in [-0.3, -0.25) is 15.2 Å². The highest BCUT2D eigenvalue weighted by molar-refractivity contribution is 6.35. The largest absolute Gasteiger partial charge is 0.370 e. The average Bonchev–Trinajstić information content (AvgIpc) is 3.31. The average molecular weight is 534 g/mol. The summed E-state index contributed by atoms with van der Waals surface area (Å²) in [4.78, 5) is 25.0. The third-order valence-electron chi connectivity index (χ3n) is 7.79. The van der Waals surface area contributed by atoms with Gasteiger partial charge in [-0.2, -0.15) is 0 Å². The van der Waals surface area contributed by atoms with Crippen LogP contribution in [-0.4, -0.2) is 59.1 Å². The maximum absolute atomic E-state index is 12.0. The molecule has 2 aromatic rings. The number of pyridine rings is 2. The number of nitrogens with zero attached hydrogens (tertiary/aromatic N) is 4. The lowest BCUT2D eigenvalue weighted by atomic mass is 9.78. The summed E-state index contributed by atoms with van der Waals surface area (Å²) in [7, 11) is 0. The molecular weight excluding hydrogens is 499 g/mol. The van der Waals surface area contributed by atoms with Crippen LogP contribution in [0.15, 0.2) is 30.7 Å². The molecule has 2 aromatic heterocycles. The lowest BCUT2D eigenvalue weighted by Crippen LogP contribution is -2.48. The van der Waals surface area contributed by atoms with Crippen molar-refractivity contribution in [1.29, 1.82) is 0 Å². The fraction of sp³-hybridized carbons (Fsp3) is 0.577. The molecule has 2 N–H and O–H groups in total. The first kappa shape index (κ1) is 25.7. The highest BCUT2D eigenvalue weighted by Crippen LogP contribution is 2.41. The fourth-order valence-corrected chi connectivity index (χ4v) is 6.49. The summed E-state index contributed by atoms with van der Waals surface area (Å²) in [6.07, 6.45) is 8.66. The number of piperazine rings is 1. The number of hydrogen-bond donors (Lipinski definition) is 2. The van der Waals surface area contributed by atoms with Gasteiger partial charge in [0.05, 0.1) is 28.3 Å². The second-order valence-electron chi connectivity index (χ2n) is 9.94. The van der Waals surface area contributed by atoms with Gasteiger partial charge in [0.1, 0.15) is 5.82 Å². The number of nitrogens with one attached hydrogen (secondary N) is 2. The fourth-order valence-electron chi connectivity index (χ4n) is 5.81. The number of ether oxygens (including phenoxy) is 1. The van der Waals surface area contributed by atoms with Crippen molar-refractivity contribution < 1.29 is 9.53 Å². The molecule has 2 saturated heterocycles. The van der Waals surface area contributed by atoms with Gasteiger partial charge in [-0.15, -0.1) is 0 Å². The predicted octanol–water partition coefficient (Wildman–Crippen LogP) is 4.31. The zero-order chi connectivity index (χ0) is 25.2. The summed E-state index contributed by atoms with van der Waals surface area (Å²) in [5, 5.41) is 1.07. The number of halogens is 2. The van der Waals surface area contributed by atoms with Crippen molar-refractivity contribution in [2.45, 2.75) is 63.8 Å². The van der Waals surface area contributed by atoms with Gasteiger partial charge >= 0.3 is 0 Å². The van der Waals surface area contributed by atoms with E-state index in [1.54, 1.807) is 12.4 Å². The Balaban J connectivity index is 1.21. The molecule has 4 heterocycles. The van der Waals surface area contributed by atoms with Crippen molar-refractivity contribution in [3.8, 4) is 0 Å². The number of aromatic nitrogens is 2. The minimum Gasteiger partial charge on any atom is -0.370 e. The van der Waals surface area contributed by atoms with E-state index < -0.39 is 0 Å². The molecule has 5 atom stereocenters. The van der Waals surface area contributed by atoms with Gasteiger partial charge in [0, 0.05) is 62.8 Å². The van der Waals surface area contributed by atoms with Crippen molar-refractivity contribution in [1.82, 2.24) is 25.7 Å². The quantitative estimate of drug-likeness (QED) is 0.573. The van der Waals surface area contributed by atoms with Crippen LogP contribution in [0.4, 0.5) is 5.82 Å². The van der Waals surface area contributed by atoms with Crippen molar-refractivity contribution in [2.24, 2.45) is 5.92 Å². The molecule has 10 heteroatoms. The van der Waals surface area contributed by atoms with Crippen LogP contribution in [0.3, 0.4) is 0 Å². The molecule has 0 bridgehead atoms. The number of hydrogen-bond acceptors (Lipinski definition) is 7. The lowest BCUT2D eigenvalue weighted by Gasteiger charge is -2.36. The standard InChI is InChI=1S/C26H34Cl2N6O2/c1-3-24(35)34-10-8-33(9-11-34)23-7-4-17(13-30-23)26-19-12-18(5-6-22(19)31-32-26)36-16(2)25-20(27)14-29-15-21(25)28/h4,7,13-16,18-19,22,26,31-32H,3,5-6,8-12H2,1-2H3/t16-,18?,19?,22?,26?/m1/s1. The molecule has 8 nitrogen and oxygen atoms in total. The van der Waals surface area contributed by atoms with Crippen LogP contribution in [0.25, 0.3) is 0 Å². The van der Waals surface area contributed by atoms with Crippen molar-refractivity contribution in [3.05, 3.63) is 51.9 Å². The molecular formula is C26H34Cl2N6O2. The topological polar surface area (TPSA) is 82.6 Å². The first-order chi connectivity index (χ1) is 17.4. The minimum atomic E-state index is -0.204. The monoisotopic (exact) mass is 532 g/mol. The molecule has 36 heavy (non-hydrogen) atoms. The summed E-state index contributed by atoms with van der Waals surface area (Å²) in [6.45, 7) is 7.05. The van der Waals surface area contributed by atoms with E-state index in [1.807, 2.05) is 24.9 Å². The van der Waals surface area contributed by atoms with Gasteiger partial charge in [0.2, 0.25) is 5.91 Å². The second-order valence-corrected chi connectivity index (χ2v) is 10.8. The van der Waals surface area contributed by atoms with Crippen LogP contribution in [0.1, 0.15) is 62.8 Å². The molecule has 3 fully saturated rings. The van der Waals surface area contributed by atoms with E-state index in [1.165, 1.54) is 5.56 Å². The summed E-state index contributed by atoms with van der Waals surface area (Å²) in [5.74, 6) is 1.59. The van der Waals surface area contributed by atoms with Crippen LogP contribution < -0.4 is 15.8 Å². The number of rotatable bonds is 6. The molecule has 1 saturated carbocycles. The number of hydrazine groups is 1. The van der Waals surface area contributed by atoms with Crippen LogP contribution in [0.5, 0.6) is 0 Å². The van der Waals surface area contributed by atoms with Crippen LogP contribution >= 0.6 is 23.2 Å². The zero-order valence-electron chi connectivity index (χ0n) is 20.8. The van der Waals surface area contributed by atoms with E-state index in [9.17, 15) is 4.79 Å². The zero-order valence-corrected chi connectivity index (χ0v) is 22.3. The Hall–Kier alpha value is -1.97. The van der Waals surface area contributed by atoms with E-state index in [0.29, 0.717) is 28.4 Å². The predicted molar refractivity (Wildman–Crippen MR) is 141 cm³/mol. The Bertz CT molecular complexity index is 1040. The van der Waals surface area contributed by atoms with E-state index in [2.05, 4.69) is 32.9 Å². The van der Waals surface area contributed by atoms with Crippen molar-refractivity contribution in [3.63, 3.8) is 0 Å². The Morgan fingerprint density at radius 2 is 1.86 bits per heavy atom. The highest BCUT2D eigenvalue weighted by Gasteiger charge is 2.42. The third-order valence-corrected chi connectivity index (χ3v) is 8.39. The van der Waals surface area contributed by atoms with Crippen LogP contribution in [-0.2, 0) is 9.53 Å². The molecule has 0 radical (unpaired) electrons. The molecule has 5 rings (SSSR count). The first-order valence-electron chi connectivity index (χ1n) is 12.9. The number of anilines is 1. The minimum absolute atomic E-state index is 0.125. The van der Waals surface area contributed by atoms with Crippen molar-refractivity contribution >= 4 is 34.9 Å². The summed E-state index contributed by atoms with van der Waals surface area (Å²) in [5.41, 5.74) is 8.98. The summed E-state index contributed by atoms with van der Waals surface area (Å²) >= 11 is 12.7. The smallest absolute Gasteiger partial charge is 0.222 e. The van der Waals surface area contributed by atoms with E-state index in [-0.39, 0.29) is 24.2 Å². The number of fused-ring (bicyclic) bond motifs is 1. The molecule has 1 aliphatic carbocycles. The number of carbonyl (C=O) groups excluding carboxylic acids is 1. The Kier molecular flexibility index (Phi) is 7.98. The first-order valence-corrected chi connectivity index (χ1v) is 13.6. The summed E-state index contributed by atoms with van der Waals surface area (Å²) < 4.78 is 6.46. The van der Waals surface area contributed by atoms with Gasteiger partial charge in [0.15, 0.2) is 0 Å². The normalized spacial score (nSPS) is 27.1. The maximum Gasteiger partial charge on any atom is 0.222 e. The molecule has 194 valence electrons. The van der Waals surface area contributed by atoms with Crippen molar-refractivity contribution in [2.75, 3.05) is 31.1 Å². The SMILES string of the molecule is CCC(=O)N1CCN(c2ccc(C3NNC4CCC(O[C@H](C)c5c(Cl)cncc5Cl)CC43)cn2)CC1. The van der Waals surface area contributed by atoms with Gasteiger partial charge in [0.25, 0.3) is 0 Å². The third kappa shape index (κ3) is 5.34. The number of amides is 1. The van der Waals surface area contributed by atoms with Gasteiger partial charge in [-0.05, 0) is 43.7 Å². The molecule has 4 unspecified atom stereocenters. The highest BCUT2D eigenvalue weighted by atomic mass is 35.5. The molecule has 2 aliphatic heterocycles. The molecule has 1 amide bonds. The molecule has 3 aliphatic rings. The van der Waals surface area contributed by atoms with E-state index in [4.69, 9.17) is 32.9 Å². The van der Waals surface area contributed by atoms with E-state index >= 15 is 0 Å². The van der Waals surface area contributed by atoms with Gasteiger partial charge in [-0.1, -0.05) is 36.2 Å².